The first kappa shape index (κ1) is 20.8. The average molecular weight is 353 g/mol. The summed E-state index contributed by atoms with van der Waals surface area (Å²) in [6, 6.07) is 7.10. The van der Waals surface area contributed by atoms with Crippen LogP contribution < -0.4 is 22.4 Å². The molecular weight excluding hydrogens is 326 g/mol. The van der Waals surface area contributed by atoms with Crippen LogP contribution in [0.2, 0.25) is 0 Å². The summed E-state index contributed by atoms with van der Waals surface area (Å²) in [6.45, 7) is 4.98. The van der Waals surface area contributed by atoms with Crippen LogP contribution in [0.15, 0.2) is 29.3 Å². The maximum absolute atomic E-state index is 10.8. The molecule has 1 unspecified atom stereocenters. The lowest BCUT2D eigenvalue weighted by molar-refractivity contribution is -0.139. The molecule has 0 aliphatic rings. The number of nitrogens with one attached hydrogen (secondary N) is 2. The third-order valence-electron chi connectivity index (χ3n) is 3.25. The normalized spacial score (nSPS) is 12.1. The smallest absolute Gasteiger partial charge is 0.305 e. The quantitative estimate of drug-likeness (QED) is 0.159. The molecule has 0 saturated heterocycles. The number of nitrogens with two attached hydrogens (primary N) is 2. The van der Waals surface area contributed by atoms with Crippen molar-refractivity contribution < 1.29 is 19.6 Å². The van der Waals surface area contributed by atoms with E-state index in [1.54, 1.807) is 6.07 Å². The van der Waals surface area contributed by atoms with Gasteiger partial charge in [-0.15, -0.1) is 0 Å². The van der Waals surface area contributed by atoms with Crippen molar-refractivity contribution in [2.75, 3.05) is 13.2 Å². The number of carboxylic acids is 1. The summed E-state index contributed by atoms with van der Waals surface area (Å²) in [7, 11) is 0. The molecule has 1 aromatic carbocycles. The minimum absolute atomic E-state index is 0.00319. The Kier molecular flexibility index (Phi) is 9.48. The number of rotatable bonds is 12. The van der Waals surface area contributed by atoms with Crippen LogP contribution in [0.3, 0.4) is 0 Å². The standard InChI is InChI=1S/C16H27N5O4/c1-11(2)14(9-15(22)23)21-24-7-6-19-25-10-12-4-3-5-13(8-12)20-16(17)18/h3-5,8,11,14,19,21H,6-7,9-10H2,1-2H3,(H,22,23)(H4,17,18,20). The van der Waals surface area contributed by atoms with Crippen LogP contribution >= 0.6 is 0 Å². The summed E-state index contributed by atoms with van der Waals surface area (Å²) in [5, 5.41) is 8.83. The Bertz CT molecular complexity index is 561. The highest BCUT2D eigenvalue weighted by molar-refractivity contribution is 5.79. The molecule has 0 saturated carbocycles. The zero-order valence-corrected chi connectivity index (χ0v) is 14.6. The maximum Gasteiger partial charge on any atom is 0.305 e. The van der Waals surface area contributed by atoms with Crippen molar-refractivity contribution in [3.8, 4) is 0 Å². The Hall–Kier alpha value is -2.20. The molecule has 0 bridgehead atoms. The van der Waals surface area contributed by atoms with E-state index in [1.807, 2.05) is 32.0 Å². The van der Waals surface area contributed by atoms with Gasteiger partial charge in [0.05, 0.1) is 25.3 Å². The number of hydrogen-bond acceptors (Lipinski definition) is 6. The van der Waals surface area contributed by atoms with Crippen LogP contribution in [-0.4, -0.2) is 36.2 Å². The number of carboxylic acid groups (broad SMARTS) is 1. The Morgan fingerprint density at radius 2 is 2.08 bits per heavy atom. The zero-order chi connectivity index (χ0) is 18.7. The van der Waals surface area contributed by atoms with Crippen molar-refractivity contribution in [1.29, 1.82) is 0 Å². The molecule has 0 fully saturated rings. The highest BCUT2D eigenvalue weighted by atomic mass is 16.7. The van der Waals surface area contributed by atoms with Gasteiger partial charge in [-0.2, -0.15) is 11.0 Å². The van der Waals surface area contributed by atoms with Crippen LogP contribution in [0.25, 0.3) is 0 Å². The van der Waals surface area contributed by atoms with Gasteiger partial charge in [0.15, 0.2) is 5.96 Å². The van der Waals surface area contributed by atoms with Crippen molar-refractivity contribution >= 4 is 17.6 Å². The van der Waals surface area contributed by atoms with Crippen LogP contribution in [0, 0.1) is 5.92 Å². The van der Waals surface area contributed by atoms with E-state index in [2.05, 4.69) is 16.0 Å². The molecule has 0 aromatic heterocycles. The summed E-state index contributed by atoms with van der Waals surface area (Å²) in [4.78, 5) is 25.3. The molecule has 1 rings (SSSR count). The molecule has 0 heterocycles. The molecule has 0 spiro atoms. The van der Waals surface area contributed by atoms with Gasteiger partial charge < -0.3 is 21.4 Å². The second-order valence-corrected chi connectivity index (χ2v) is 5.80. The number of carbonyl (C=O) groups is 1. The molecule has 9 heteroatoms. The average Bonchev–Trinajstić information content (AvgIpc) is 2.52. The highest BCUT2D eigenvalue weighted by Gasteiger charge is 2.16. The third kappa shape index (κ3) is 9.62. The molecule has 0 radical (unpaired) electrons. The van der Waals surface area contributed by atoms with Gasteiger partial charge in [0.2, 0.25) is 0 Å². The SMILES string of the molecule is CC(C)C(CC(=O)O)NOCCNOCc1cccc(N=C(N)N)c1. The molecule has 0 aliphatic carbocycles. The monoisotopic (exact) mass is 353 g/mol. The van der Waals surface area contributed by atoms with E-state index in [9.17, 15) is 4.79 Å². The number of guanidine groups is 1. The van der Waals surface area contributed by atoms with Gasteiger partial charge in [-0.05, 0) is 23.6 Å². The number of nitrogens with zero attached hydrogens (tertiary/aromatic N) is 1. The lowest BCUT2D eigenvalue weighted by atomic mass is 10.0. The summed E-state index contributed by atoms with van der Waals surface area (Å²) in [6.07, 6.45) is 0.00767. The van der Waals surface area contributed by atoms with Crippen LogP contribution in [0.4, 0.5) is 5.69 Å². The van der Waals surface area contributed by atoms with Gasteiger partial charge in [0.25, 0.3) is 0 Å². The minimum atomic E-state index is -0.862. The Morgan fingerprint density at radius 1 is 1.32 bits per heavy atom. The Balaban J connectivity index is 2.20. The fourth-order valence-corrected chi connectivity index (χ4v) is 1.93. The van der Waals surface area contributed by atoms with Gasteiger partial charge in [-0.25, -0.2) is 4.99 Å². The van der Waals surface area contributed by atoms with E-state index in [1.165, 1.54) is 0 Å². The summed E-state index contributed by atoms with van der Waals surface area (Å²) < 4.78 is 0. The first-order chi connectivity index (χ1) is 11.9. The second kappa shape index (κ2) is 11.4. The molecule has 1 aromatic rings. The van der Waals surface area contributed by atoms with Gasteiger partial charge in [-0.3, -0.25) is 9.63 Å². The van der Waals surface area contributed by atoms with Gasteiger partial charge in [0, 0.05) is 12.6 Å². The Morgan fingerprint density at radius 3 is 2.72 bits per heavy atom. The molecular formula is C16H27N5O4. The fraction of sp³-hybridized carbons (Fsp3) is 0.500. The van der Waals surface area contributed by atoms with E-state index < -0.39 is 5.97 Å². The number of aliphatic carboxylic acids is 1. The predicted octanol–water partition coefficient (Wildman–Crippen LogP) is 0.633. The topological polar surface area (TPSA) is 144 Å². The molecule has 0 amide bonds. The largest absolute Gasteiger partial charge is 0.481 e. The molecule has 7 N–H and O–H groups in total. The van der Waals surface area contributed by atoms with E-state index >= 15 is 0 Å². The van der Waals surface area contributed by atoms with E-state index in [-0.39, 0.29) is 24.3 Å². The van der Waals surface area contributed by atoms with Crippen molar-refractivity contribution in [3.05, 3.63) is 29.8 Å². The van der Waals surface area contributed by atoms with E-state index in [4.69, 9.17) is 26.2 Å². The number of hydrogen-bond donors (Lipinski definition) is 5. The second-order valence-electron chi connectivity index (χ2n) is 5.80. The van der Waals surface area contributed by atoms with Crippen molar-refractivity contribution in [3.63, 3.8) is 0 Å². The molecule has 140 valence electrons. The molecule has 1 atom stereocenters. The highest BCUT2D eigenvalue weighted by Crippen LogP contribution is 2.14. The summed E-state index contributed by atoms with van der Waals surface area (Å²) in [5.74, 6) is -0.708. The zero-order valence-electron chi connectivity index (χ0n) is 14.6. The van der Waals surface area contributed by atoms with E-state index in [0.29, 0.717) is 25.4 Å². The molecule has 9 nitrogen and oxygen atoms in total. The minimum Gasteiger partial charge on any atom is -0.481 e. The van der Waals surface area contributed by atoms with Crippen LogP contribution in [-0.2, 0) is 21.1 Å². The van der Waals surface area contributed by atoms with Gasteiger partial charge >= 0.3 is 5.97 Å². The lowest BCUT2D eigenvalue weighted by Gasteiger charge is -2.20. The van der Waals surface area contributed by atoms with Crippen molar-refractivity contribution in [2.45, 2.75) is 32.9 Å². The first-order valence-electron chi connectivity index (χ1n) is 8.00. The summed E-state index contributed by atoms with van der Waals surface area (Å²) >= 11 is 0. The van der Waals surface area contributed by atoms with Gasteiger partial charge in [0.1, 0.15) is 0 Å². The molecule has 0 aliphatic heterocycles. The summed E-state index contributed by atoms with van der Waals surface area (Å²) in [5.41, 5.74) is 17.8. The van der Waals surface area contributed by atoms with Crippen molar-refractivity contribution in [1.82, 2.24) is 11.0 Å². The molecule has 25 heavy (non-hydrogen) atoms. The maximum atomic E-state index is 10.8. The Labute approximate surface area is 147 Å². The third-order valence-corrected chi connectivity index (χ3v) is 3.25. The first-order valence-corrected chi connectivity index (χ1v) is 8.00. The van der Waals surface area contributed by atoms with Crippen LogP contribution in [0.1, 0.15) is 25.8 Å². The van der Waals surface area contributed by atoms with Crippen molar-refractivity contribution in [2.24, 2.45) is 22.4 Å². The van der Waals surface area contributed by atoms with E-state index in [0.717, 1.165) is 5.56 Å². The van der Waals surface area contributed by atoms with Crippen LogP contribution in [0.5, 0.6) is 0 Å². The lowest BCUT2D eigenvalue weighted by Crippen LogP contribution is -2.37. The predicted molar refractivity (Wildman–Crippen MR) is 94.7 cm³/mol. The fourth-order valence-electron chi connectivity index (χ4n) is 1.93. The number of benzene rings is 1. The van der Waals surface area contributed by atoms with Gasteiger partial charge in [-0.1, -0.05) is 26.0 Å². The number of aliphatic imine (C=N–C) groups is 1. The number of hydroxylamine groups is 2.